The van der Waals surface area contributed by atoms with E-state index in [1.807, 2.05) is 0 Å². The maximum Gasteiger partial charge on any atom is 0.124 e. The van der Waals surface area contributed by atoms with E-state index in [4.69, 9.17) is 5.73 Å². The number of hydrogen-bond acceptors (Lipinski definition) is 1. The maximum atomic E-state index is 13.0. The molecule has 1 unspecified atom stereocenters. The van der Waals surface area contributed by atoms with Crippen LogP contribution in [0, 0.1) is 11.7 Å². The van der Waals surface area contributed by atoms with E-state index in [0.29, 0.717) is 5.92 Å². The molecule has 1 nitrogen and oxygen atoms in total. The second-order valence-electron chi connectivity index (χ2n) is 4.59. The molecule has 88 valence electrons. The Balaban J connectivity index is 2.15. The highest BCUT2D eigenvalue weighted by Crippen LogP contribution is 2.35. The van der Waals surface area contributed by atoms with Crippen molar-refractivity contribution >= 4 is 15.9 Å². The number of nitrogens with two attached hydrogens (primary N) is 1. The van der Waals surface area contributed by atoms with Crippen LogP contribution in [0.4, 0.5) is 4.39 Å². The molecule has 1 aromatic rings. The molecule has 0 radical (unpaired) electrons. The second kappa shape index (κ2) is 5.28. The van der Waals surface area contributed by atoms with E-state index in [9.17, 15) is 4.39 Å². The SMILES string of the molecule is NC(c1ccc(F)cc1Br)C1CCCCC1. The molecule has 1 aliphatic carbocycles. The summed E-state index contributed by atoms with van der Waals surface area (Å²) in [5, 5.41) is 0. The monoisotopic (exact) mass is 285 g/mol. The predicted molar refractivity (Wildman–Crippen MR) is 67.6 cm³/mol. The van der Waals surface area contributed by atoms with E-state index < -0.39 is 0 Å². The number of benzene rings is 1. The quantitative estimate of drug-likeness (QED) is 0.867. The summed E-state index contributed by atoms with van der Waals surface area (Å²) in [6, 6.07) is 4.83. The summed E-state index contributed by atoms with van der Waals surface area (Å²) in [7, 11) is 0. The number of hydrogen-bond donors (Lipinski definition) is 1. The molecule has 2 rings (SSSR count). The molecule has 0 amide bonds. The van der Waals surface area contributed by atoms with Crippen LogP contribution in [0.1, 0.15) is 43.7 Å². The van der Waals surface area contributed by atoms with Gasteiger partial charge in [0, 0.05) is 10.5 Å². The van der Waals surface area contributed by atoms with Crippen LogP contribution in [0.5, 0.6) is 0 Å². The minimum Gasteiger partial charge on any atom is -0.324 e. The third-order valence-electron chi connectivity index (χ3n) is 3.48. The molecule has 1 aliphatic rings. The lowest BCUT2D eigenvalue weighted by Gasteiger charge is -2.28. The summed E-state index contributed by atoms with van der Waals surface area (Å²) < 4.78 is 13.8. The van der Waals surface area contributed by atoms with Crippen molar-refractivity contribution in [3.63, 3.8) is 0 Å². The Kier molecular flexibility index (Phi) is 3.98. The Bertz CT molecular complexity index is 361. The van der Waals surface area contributed by atoms with Gasteiger partial charge in [0.25, 0.3) is 0 Å². The van der Waals surface area contributed by atoms with Crippen LogP contribution in [0.2, 0.25) is 0 Å². The van der Waals surface area contributed by atoms with Crippen LogP contribution < -0.4 is 5.73 Å². The first-order valence-corrected chi connectivity index (χ1v) is 6.68. The molecule has 2 N–H and O–H groups in total. The Labute approximate surface area is 104 Å². The maximum absolute atomic E-state index is 13.0. The van der Waals surface area contributed by atoms with E-state index in [0.717, 1.165) is 10.0 Å². The molecule has 0 bridgehead atoms. The van der Waals surface area contributed by atoms with Crippen LogP contribution in [-0.2, 0) is 0 Å². The van der Waals surface area contributed by atoms with E-state index >= 15 is 0 Å². The zero-order chi connectivity index (χ0) is 11.5. The molecule has 16 heavy (non-hydrogen) atoms. The summed E-state index contributed by atoms with van der Waals surface area (Å²) in [6.07, 6.45) is 6.28. The van der Waals surface area contributed by atoms with Crippen molar-refractivity contribution in [2.45, 2.75) is 38.1 Å². The lowest BCUT2D eigenvalue weighted by Crippen LogP contribution is -2.23. The summed E-state index contributed by atoms with van der Waals surface area (Å²) >= 11 is 3.39. The van der Waals surface area contributed by atoms with Gasteiger partial charge in [-0.15, -0.1) is 0 Å². The summed E-state index contributed by atoms with van der Waals surface area (Å²) in [5.74, 6) is 0.335. The van der Waals surface area contributed by atoms with Gasteiger partial charge in [-0.25, -0.2) is 4.39 Å². The van der Waals surface area contributed by atoms with Gasteiger partial charge in [0.05, 0.1) is 0 Å². The van der Waals surface area contributed by atoms with Crippen molar-refractivity contribution in [2.75, 3.05) is 0 Å². The fourth-order valence-electron chi connectivity index (χ4n) is 2.52. The van der Waals surface area contributed by atoms with E-state index in [-0.39, 0.29) is 11.9 Å². The van der Waals surface area contributed by atoms with Gasteiger partial charge in [-0.3, -0.25) is 0 Å². The van der Waals surface area contributed by atoms with Gasteiger partial charge in [-0.1, -0.05) is 41.3 Å². The van der Waals surface area contributed by atoms with E-state index in [1.165, 1.54) is 44.2 Å². The van der Waals surface area contributed by atoms with Crippen LogP contribution in [0.15, 0.2) is 22.7 Å². The highest BCUT2D eigenvalue weighted by molar-refractivity contribution is 9.10. The fourth-order valence-corrected chi connectivity index (χ4v) is 3.13. The minimum atomic E-state index is -0.216. The minimum absolute atomic E-state index is 0.0373. The third-order valence-corrected chi connectivity index (χ3v) is 4.17. The zero-order valence-corrected chi connectivity index (χ0v) is 10.8. The van der Waals surface area contributed by atoms with Crippen LogP contribution in [-0.4, -0.2) is 0 Å². The Morgan fingerprint density at radius 3 is 2.56 bits per heavy atom. The second-order valence-corrected chi connectivity index (χ2v) is 5.44. The summed E-state index contributed by atoms with van der Waals surface area (Å²) in [4.78, 5) is 0. The van der Waals surface area contributed by atoms with Crippen LogP contribution in [0.3, 0.4) is 0 Å². The predicted octanol–water partition coefficient (Wildman–Crippen LogP) is 4.17. The topological polar surface area (TPSA) is 26.0 Å². The normalized spacial score (nSPS) is 19.7. The fraction of sp³-hybridized carbons (Fsp3) is 0.538. The molecule has 0 spiro atoms. The highest BCUT2D eigenvalue weighted by atomic mass is 79.9. The molecular formula is C13H17BrFN. The molecule has 1 fully saturated rings. The van der Waals surface area contributed by atoms with Crippen molar-refractivity contribution in [1.29, 1.82) is 0 Å². The largest absolute Gasteiger partial charge is 0.324 e. The first kappa shape index (κ1) is 12.1. The number of rotatable bonds is 2. The average molecular weight is 286 g/mol. The van der Waals surface area contributed by atoms with E-state index in [1.54, 1.807) is 6.07 Å². The molecule has 1 atom stereocenters. The first-order chi connectivity index (χ1) is 7.68. The number of halogens is 2. The first-order valence-electron chi connectivity index (χ1n) is 5.89. The molecule has 0 heterocycles. The molecule has 1 saturated carbocycles. The molecule has 0 aromatic heterocycles. The van der Waals surface area contributed by atoms with Crippen molar-refractivity contribution < 1.29 is 4.39 Å². The zero-order valence-electron chi connectivity index (χ0n) is 9.26. The Hall–Kier alpha value is -0.410. The van der Waals surface area contributed by atoms with Gasteiger partial charge in [0.15, 0.2) is 0 Å². The smallest absolute Gasteiger partial charge is 0.124 e. The molecule has 0 saturated heterocycles. The lowest BCUT2D eigenvalue weighted by atomic mass is 9.81. The van der Waals surface area contributed by atoms with Gasteiger partial charge in [-0.05, 0) is 36.5 Å². The van der Waals surface area contributed by atoms with Crippen molar-refractivity contribution in [2.24, 2.45) is 11.7 Å². The van der Waals surface area contributed by atoms with E-state index in [2.05, 4.69) is 15.9 Å². The summed E-state index contributed by atoms with van der Waals surface area (Å²) in [6.45, 7) is 0. The summed E-state index contributed by atoms with van der Waals surface area (Å²) in [5.41, 5.74) is 7.30. The standard InChI is InChI=1S/C13H17BrFN/c14-12-8-10(15)6-7-11(12)13(16)9-4-2-1-3-5-9/h6-9,13H,1-5,16H2. The molecule has 0 aliphatic heterocycles. The van der Waals surface area contributed by atoms with Crippen molar-refractivity contribution in [1.82, 2.24) is 0 Å². The lowest BCUT2D eigenvalue weighted by molar-refractivity contribution is 0.307. The van der Waals surface area contributed by atoms with Crippen LogP contribution >= 0.6 is 15.9 Å². The van der Waals surface area contributed by atoms with Gasteiger partial charge in [0.2, 0.25) is 0 Å². The Morgan fingerprint density at radius 1 is 1.25 bits per heavy atom. The van der Waals surface area contributed by atoms with Gasteiger partial charge < -0.3 is 5.73 Å². The van der Waals surface area contributed by atoms with Gasteiger partial charge in [-0.2, -0.15) is 0 Å². The van der Waals surface area contributed by atoms with Gasteiger partial charge in [0.1, 0.15) is 5.82 Å². The molecule has 3 heteroatoms. The Morgan fingerprint density at radius 2 is 1.94 bits per heavy atom. The van der Waals surface area contributed by atoms with Crippen LogP contribution in [0.25, 0.3) is 0 Å². The molecular weight excluding hydrogens is 269 g/mol. The molecule has 1 aromatic carbocycles. The van der Waals surface area contributed by atoms with Gasteiger partial charge >= 0.3 is 0 Å². The van der Waals surface area contributed by atoms with Crippen molar-refractivity contribution in [3.8, 4) is 0 Å². The third kappa shape index (κ3) is 2.64. The highest BCUT2D eigenvalue weighted by Gasteiger charge is 2.23. The van der Waals surface area contributed by atoms with Crippen molar-refractivity contribution in [3.05, 3.63) is 34.1 Å². The average Bonchev–Trinajstić information content (AvgIpc) is 2.29.